The third-order valence-corrected chi connectivity index (χ3v) is 5.43. The number of nitrogens with zero attached hydrogens (tertiary/aromatic N) is 1. The summed E-state index contributed by atoms with van der Waals surface area (Å²) in [4.78, 5) is 2.28. The maximum absolute atomic E-state index is 12.2. The van der Waals surface area contributed by atoms with Crippen molar-refractivity contribution in [2.75, 3.05) is 25.9 Å². The van der Waals surface area contributed by atoms with Crippen LogP contribution < -0.4 is 10.5 Å². The van der Waals surface area contributed by atoms with Gasteiger partial charge < -0.3 is 10.6 Å². The lowest BCUT2D eigenvalue weighted by molar-refractivity contribution is 0.329. The number of anilines is 1. The van der Waals surface area contributed by atoms with E-state index in [1.165, 1.54) is 25.0 Å². The molecule has 0 atom stereocenters. The number of nitrogens with one attached hydrogen (secondary N) is 1. The Bertz CT molecular complexity index is 577. The molecular formula is C13H20ClN3O2S. The molecule has 0 unspecified atom stereocenters. The smallest absolute Gasteiger partial charge is 0.240 e. The van der Waals surface area contributed by atoms with Crippen LogP contribution in [0.25, 0.3) is 0 Å². The van der Waals surface area contributed by atoms with Crippen LogP contribution in [-0.4, -0.2) is 39.5 Å². The second kappa shape index (κ2) is 5.89. The van der Waals surface area contributed by atoms with Crippen LogP contribution in [0.1, 0.15) is 18.4 Å². The van der Waals surface area contributed by atoms with Gasteiger partial charge >= 0.3 is 0 Å². The Morgan fingerprint density at radius 1 is 1.45 bits per heavy atom. The summed E-state index contributed by atoms with van der Waals surface area (Å²) in [5.74, 6) is 0. The van der Waals surface area contributed by atoms with E-state index in [-0.39, 0.29) is 4.90 Å². The fourth-order valence-corrected chi connectivity index (χ4v) is 3.34. The molecule has 5 nitrogen and oxygen atoms in total. The molecule has 0 aliphatic heterocycles. The van der Waals surface area contributed by atoms with Crippen molar-refractivity contribution in [1.82, 2.24) is 9.62 Å². The quantitative estimate of drug-likeness (QED) is 0.782. The summed E-state index contributed by atoms with van der Waals surface area (Å²) in [6, 6.07) is 3.48. The fourth-order valence-electron chi connectivity index (χ4n) is 1.97. The number of benzene rings is 1. The molecule has 1 aromatic rings. The summed E-state index contributed by atoms with van der Waals surface area (Å²) in [5.41, 5.74) is 6.83. The van der Waals surface area contributed by atoms with Gasteiger partial charge in [-0.2, -0.15) is 0 Å². The van der Waals surface area contributed by atoms with E-state index in [4.69, 9.17) is 17.3 Å². The summed E-state index contributed by atoms with van der Waals surface area (Å²) in [6.07, 6.45) is 2.40. The van der Waals surface area contributed by atoms with Crippen LogP contribution in [0, 0.1) is 6.92 Å². The van der Waals surface area contributed by atoms with Crippen molar-refractivity contribution < 1.29 is 8.42 Å². The number of hydrogen-bond acceptors (Lipinski definition) is 4. The van der Waals surface area contributed by atoms with Crippen LogP contribution in [0.5, 0.6) is 0 Å². The second-order valence-electron chi connectivity index (χ2n) is 5.23. The Morgan fingerprint density at radius 2 is 2.10 bits per heavy atom. The van der Waals surface area contributed by atoms with Crippen LogP contribution in [0.2, 0.25) is 5.02 Å². The highest BCUT2D eigenvalue weighted by atomic mass is 35.5. The first kappa shape index (κ1) is 15.6. The zero-order valence-electron chi connectivity index (χ0n) is 11.7. The van der Waals surface area contributed by atoms with E-state index in [1.54, 1.807) is 6.92 Å². The van der Waals surface area contributed by atoms with Gasteiger partial charge in [-0.05, 0) is 44.5 Å². The molecule has 3 N–H and O–H groups in total. The van der Waals surface area contributed by atoms with Gasteiger partial charge in [0.2, 0.25) is 10.0 Å². The van der Waals surface area contributed by atoms with E-state index in [2.05, 4.69) is 9.62 Å². The molecule has 0 heterocycles. The number of rotatable bonds is 6. The highest BCUT2D eigenvalue weighted by Crippen LogP contribution is 2.26. The average Bonchev–Trinajstić information content (AvgIpc) is 3.19. The van der Waals surface area contributed by atoms with Gasteiger partial charge in [0, 0.05) is 29.8 Å². The number of sulfonamides is 1. The molecule has 1 saturated carbocycles. The van der Waals surface area contributed by atoms with Crippen molar-refractivity contribution >= 4 is 27.3 Å². The van der Waals surface area contributed by atoms with E-state index in [9.17, 15) is 8.42 Å². The SMILES string of the molecule is Cc1c(N)cc(S(=O)(=O)NCCN(C)C2CC2)cc1Cl. The standard InChI is InChI=1S/C13H20ClN3O2S/c1-9-12(14)7-11(8-13(9)15)20(18,19)16-5-6-17(2)10-3-4-10/h7-8,10,16H,3-6,15H2,1-2H3. The molecule has 2 rings (SSSR count). The Hall–Kier alpha value is -0.820. The van der Waals surface area contributed by atoms with Crippen molar-refractivity contribution in [3.05, 3.63) is 22.7 Å². The molecule has 1 fully saturated rings. The zero-order chi connectivity index (χ0) is 14.9. The number of nitrogens with two attached hydrogens (primary N) is 1. The largest absolute Gasteiger partial charge is 0.398 e. The van der Waals surface area contributed by atoms with Gasteiger partial charge in [0.15, 0.2) is 0 Å². The summed E-state index contributed by atoms with van der Waals surface area (Å²) in [5, 5.41) is 0.362. The fraction of sp³-hybridized carbons (Fsp3) is 0.538. The maximum atomic E-state index is 12.2. The number of nitrogen functional groups attached to an aromatic ring is 1. The molecule has 0 aromatic heterocycles. The van der Waals surface area contributed by atoms with Crippen LogP contribution in [0.4, 0.5) is 5.69 Å². The van der Waals surface area contributed by atoms with Crippen LogP contribution >= 0.6 is 11.6 Å². The lowest BCUT2D eigenvalue weighted by Crippen LogP contribution is -2.34. The normalized spacial score (nSPS) is 15.8. The van der Waals surface area contributed by atoms with Gasteiger partial charge in [-0.15, -0.1) is 0 Å². The van der Waals surface area contributed by atoms with E-state index < -0.39 is 10.0 Å². The molecule has 0 bridgehead atoms. The van der Waals surface area contributed by atoms with E-state index in [0.29, 0.717) is 35.4 Å². The van der Waals surface area contributed by atoms with Crippen molar-refractivity contribution in [2.24, 2.45) is 0 Å². The summed E-state index contributed by atoms with van der Waals surface area (Å²) in [7, 11) is -1.56. The first-order valence-electron chi connectivity index (χ1n) is 6.57. The number of halogens is 1. The van der Waals surface area contributed by atoms with Crippen LogP contribution in [-0.2, 0) is 10.0 Å². The van der Waals surface area contributed by atoms with Crippen molar-refractivity contribution in [3.8, 4) is 0 Å². The first-order valence-corrected chi connectivity index (χ1v) is 8.43. The van der Waals surface area contributed by atoms with Gasteiger partial charge in [0.25, 0.3) is 0 Å². The Balaban J connectivity index is 2.02. The van der Waals surface area contributed by atoms with Gasteiger partial charge in [0.05, 0.1) is 4.90 Å². The average molecular weight is 318 g/mol. The predicted octanol–water partition coefficient (Wildman–Crippen LogP) is 1.60. The monoisotopic (exact) mass is 317 g/mol. The molecule has 1 aliphatic rings. The van der Waals surface area contributed by atoms with Gasteiger partial charge in [-0.1, -0.05) is 11.6 Å². The van der Waals surface area contributed by atoms with Crippen molar-refractivity contribution in [1.29, 1.82) is 0 Å². The predicted molar refractivity (Wildman–Crippen MR) is 81.4 cm³/mol. The molecule has 7 heteroatoms. The summed E-state index contributed by atoms with van der Waals surface area (Å²) < 4.78 is 26.9. The zero-order valence-corrected chi connectivity index (χ0v) is 13.3. The summed E-state index contributed by atoms with van der Waals surface area (Å²) >= 11 is 5.98. The van der Waals surface area contributed by atoms with Crippen LogP contribution in [0.15, 0.2) is 17.0 Å². The highest BCUT2D eigenvalue weighted by Gasteiger charge is 2.26. The van der Waals surface area contributed by atoms with Crippen LogP contribution in [0.3, 0.4) is 0 Å². The lowest BCUT2D eigenvalue weighted by atomic mass is 10.2. The molecule has 20 heavy (non-hydrogen) atoms. The summed E-state index contributed by atoms with van der Waals surface area (Å²) in [6.45, 7) is 2.83. The molecule has 0 saturated heterocycles. The third-order valence-electron chi connectivity index (χ3n) is 3.60. The third kappa shape index (κ3) is 3.63. The molecule has 1 aliphatic carbocycles. The van der Waals surface area contributed by atoms with Gasteiger partial charge in [-0.3, -0.25) is 0 Å². The van der Waals surface area contributed by atoms with Crippen molar-refractivity contribution in [3.63, 3.8) is 0 Å². The molecule has 1 aromatic carbocycles. The molecule has 0 radical (unpaired) electrons. The van der Waals surface area contributed by atoms with Gasteiger partial charge in [-0.25, -0.2) is 13.1 Å². The number of likely N-dealkylation sites (N-methyl/N-ethyl adjacent to an activating group) is 1. The Labute approximate surface area is 125 Å². The highest BCUT2D eigenvalue weighted by molar-refractivity contribution is 7.89. The molecule has 0 spiro atoms. The maximum Gasteiger partial charge on any atom is 0.240 e. The van der Waals surface area contributed by atoms with E-state index in [1.807, 2.05) is 7.05 Å². The minimum absolute atomic E-state index is 0.111. The molecular weight excluding hydrogens is 298 g/mol. The first-order chi connectivity index (χ1) is 9.31. The molecule has 0 amide bonds. The lowest BCUT2D eigenvalue weighted by Gasteiger charge is -2.16. The topological polar surface area (TPSA) is 75.4 Å². The Kier molecular flexibility index (Phi) is 4.59. The molecule has 112 valence electrons. The van der Waals surface area contributed by atoms with E-state index in [0.717, 1.165) is 0 Å². The second-order valence-corrected chi connectivity index (χ2v) is 7.40. The number of hydrogen-bond donors (Lipinski definition) is 2. The van der Waals surface area contributed by atoms with E-state index >= 15 is 0 Å². The van der Waals surface area contributed by atoms with Gasteiger partial charge in [0.1, 0.15) is 0 Å². The minimum Gasteiger partial charge on any atom is -0.398 e. The van der Waals surface area contributed by atoms with Crippen molar-refractivity contribution in [2.45, 2.75) is 30.7 Å². The minimum atomic E-state index is -3.56. The Morgan fingerprint density at radius 3 is 2.65 bits per heavy atom.